The lowest BCUT2D eigenvalue weighted by molar-refractivity contribution is 0.560. The molecular weight excluding hydrogens is 334 g/mol. The molecule has 0 bridgehead atoms. The second kappa shape index (κ2) is 5.66. The molecule has 84 valence electrons. The molecule has 0 saturated carbocycles. The van der Waals surface area contributed by atoms with Crippen molar-refractivity contribution < 1.29 is 4.42 Å². The molecule has 0 amide bonds. The molecule has 2 rings (SSSR count). The molecule has 0 atom stereocenters. The summed E-state index contributed by atoms with van der Waals surface area (Å²) in [6, 6.07) is 8.20. The van der Waals surface area contributed by atoms with Crippen molar-refractivity contribution in [2.45, 2.75) is 13.1 Å². The van der Waals surface area contributed by atoms with Crippen LogP contribution >= 0.6 is 31.9 Å². The molecule has 1 aromatic carbocycles. The van der Waals surface area contributed by atoms with Crippen LogP contribution in [0.1, 0.15) is 11.1 Å². The van der Waals surface area contributed by atoms with E-state index in [2.05, 4.69) is 49.3 Å². The predicted octanol–water partition coefficient (Wildman–Crippen LogP) is 4.09. The van der Waals surface area contributed by atoms with Gasteiger partial charge in [0.15, 0.2) is 0 Å². The number of nitrogens with one attached hydrogen (secondary N) is 1. The molecule has 0 radical (unpaired) electrons. The summed E-state index contributed by atoms with van der Waals surface area (Å²) >= 11 is 6.94. The molecule has 1 N–H and O–H groups in total. The Balaban J connectivity index is 1.87. The van der Waals surface area contributed by atoms with Crippen LogP contribution in [0.3, 0.4) is 0 Å². The molecule has 16 heavy (non-hydrogen) atoms. The van der Waals surface area contributed by atoms with Crippen molar-refractivity contribution in [3.63, 3.8) is 0 Å². The molecule has 2 nitrogen and oxygen atoms in total. The number of furan rings is 1. The minimum atomic E-state index is 0.824. The molecular formula is C12H11Br2NO. The number of halogens is 2. The van der Waals surface area contributed by atoms with Gasteiger partial charge in [0.25, 0.3) is 0 Å². The number of benzene rings is 1. The zero-order chi connectivity index (χ0) is 11.4. The molecule has 4 heteroatoms. The zero-order valence-electron chi connectivity index (χ0n) is 8.54. The second-order valence-corrected chi connectivity index (χ2v) is 5.19. The van der Waals surface area contributed by atoms with Crippen LogP contribution in [0.5, 0.6) is 0 Å². The summed E-state index contributed by atoms with van der Waals surface area (Å²) < 4.78 is 7.15. The Morgan fingerprint density at radius 1 is 1.00 bits per heavy atom. The van der Waals surface area contributed by atoms with E-state index >= 15 is 0 Å². The summed E-state index contributed by atoms with van der Waals surface area (Å²) in [7, 11) is 0. The zero-order valence-corrected chi connectivity index (χ0v) is 11.7. The van der Waals surface area contributed by atoms with Gasteiger partial charge in [0.05, 0.1) is 12.5 Å². The Bertz CT molecular complexity index is 454. The number of rotatable bonds is 4. The maximum absolute atomic E-state index is 5.00. The summed E-state index contributed by atoms with van der Waals surface area (Å²) in [4.78, 5) is 0. The fourth-order valence-corrected chi connectivity index (χ4v) is 2.07. The summed E-state index contributed by atoms with van der Waals surface area (Å²) in [5.74, 6) is 0. The van der Waals surface area contributed by atoms with Gasteiger partial charge >= 0.3 is 0 Å². The first-order chi connectivity index (χ1) is 7.75. The first-order valence-electron chi connectivity index (χ1n) is 4.91. The fourth-order valence-electron chi connectivity index (χ4n) is 1.39. The number of hydrogen-bond acceptors (Lipinski definition) is 2. The van der Waals surface area contributed by atoms with Crippen LogP contribution in [0.2, 0.25) is 0 Å². The third kappa shape index (κ3) is 3.20. The van der Waals surface area contributed by atoms with Gasteiger partial charge in [-0.25, -0.2) is 0 Å². The lowest BCUT2D eigenvalue weighted by Crippen LogP contribution is -2.11. The van der Waals surface area contributed by atoms with Gasteiger partial charge in [0, 0.05) is 27.6 Å². The van der Waals surface area contributed by atoms with Crippen LogP contribution in [0.25, 0.3) is 0 Å². The Labute approximate surface area is 111 Å². The van der Waals surface area contributed by atoms with E-state index in [0.29, 0.717) is 0 Å². The van der Waals surface area contributed by atoms with Gasteiger partial charge in [-0.1, -0.05) is 6.07 Å². The van der Waals surface area contributed by atoms with Gasteiger partial charge in [-0.2, -0.15) is 0 Å². The Kier molecular flexibility index (Phi) is 4.21. The van der Waals surface area contributed by atoms with E-state index in [1.54, 1.807) is 12.5 Å². The maximum atomic E-state index is 5.00. The molecule has 0 saturated heterocycles. The van der Waals surface area contributed by atoms with Crippen molar-refractivity contribution in [2.75, 3.05) is 0 Å². The highest BCUT2D eigenvalue weighted by molar-refractivity contribution is 9.13. The quantitative estimate of drug-likeness (QED) is 0.903. The monoisotopic (exact) mass is 343 g/mol. The molecule has 0 aliphatic heterocycles. The molecule has 1 heterocycles. The molecule has 0 aliphatic rings. The molecule has 0 aliphatic carbocycles. The highest BCUT2D eigenvalue weighted by atomic mass is 79.9. The fraction of sp³-hybridized carbons (Fsp3) is 0.167. The van der Waals surface area contributed by atoms with Gasteiger partial charge in [-0.3, -0.25) is 0 Å². The largest absolute Gasteiger partial charge is 0.472 e. The standard InChI is InChI=1S/C12H11Br2NO/c13-11-2-1-9(5-12(11)14)6-15-7-10-3-4-16-8-10/h1-5,8,15H,6-7H2. The minimum Gasteiger partial charge on any atom is -0.472 e. The van der Waals surface area contributed by atoms with Crippen LogP contribution < -0.4 is 5.32 Å². The van der Waals surface area contributed by atoms with Crippen molar-refractivity contribution in [1.29, 1.82) is 0 Å². The molecule has 1 aromatic heterocycles. The van der Waals surface area contributed by atoms with Crippen LogP contribution in [-0.4, -0.2) is 0 Å². The van der Waals surface area contributed by atoms with Crippen LogP contribution in [-0.2, 0) is 13.1 Å². The van der Waals surface area contributed by atoms with E-state index in [9.17, 15) is 0 Å². The third-order valence-electron chi connectivity index (χ3n) is 2.22. The van der Waals surface area contributed by atoms with Crippen molar-refractivity contribution in [2.24, 2.45) is 0 Å². The summed E-state index contributed by atoms with van der Waals surface area (Å²) in [5, 5.41) is 3.35. The first kappa shape index (κ1) is 11.9. The lowest BCUT2D eigenvalue weighted by atomic mass is 10.2. The number of hydrogen-bond donors (Lipinski definition) is 1. The van der Waals surface area contributed by atoms with Crippen LogP contribution in [0.4, 0.5) is 0 Å². The minimum absolute atomic E-state index is 0.824. The summed E-state index contributed by atoms with van der Waals surface area (Å²) in [6.45, 7) is 1.67. The van der Waals surface area contributed by atoms with Crippen LogP contribution in [0.15, 0.2) is 50.2 Å². The van der Waals surface area contributed by atoms with E-state index in [0.717, 1.165) is 27.6 Å². The molecule has 0 unspecified atom stereocenters. The molecule has 0 spiro atoms. The SMILES string of the molecule is Brc1ccc(CNCc2ccoc2)cc1Br. The van der Waals surface area contributed by atoms with E-state index in [1.807, 2.05) is 12.1 Å². The van der Waals surface area contributed by atoms with Crippen molar-refractivity contribution in [3.8, 4) is 0 Å². The van der Waals surface area contributed by atoms with E-state index in [1.165, 1.54) is 5.56 Å². The first-order valence-corrected chi connectivity index (χ1v) is 6.50. The maximum Gasteiger partial charge on any atom is 0.0947 e. The van der Waals surface area contributed by atoms with Crippen molar-refractivity contribution >= 4 is 31.9 Å². The second-order valence-electron chi connectivity index (χ2n) is 3.48. The highest BCUT2D eigenvalue weighted by Crippen LogP contribution is 2.23. The average Bonchev–Trinajstić information content (AvgIpc) is 2.76. The highest BCUT2D eigenvalue weighted by Gasteiger charge is 1.99. The average molecular weight is 345 g/mol. The Morgan fingerprint density at radius 3 is 2.50 bits per heavy atom. The van der Waals surface area contributed by atoms with Crippen molar-refractivity contribution in [1.82, 2.24) is 5.32 Å². The van der Waals surface area contributed by atoms with Crippen molar-refractivity contribution in [3.05, 3.63) is 56.9 Å². The lowest BCUT2D eigenvalue weighted by Gasteiger charge is -2.04. The van der Waals surface area contributed by atoms with Crippen LogP contribution in [0, 0.1) is 0 Å². The predicted molar refractivity (Wildman–Crippen MR) is 71.1 cm³/mol. The molecule has 0 fully saturated rings. The smallest absolute Gasteiger partial charge is 0.0947 e. The Hall–Kier alpha value is -0.580. The van der Waals surface area contributed by atoms with Gasteiger partial charge < -0.3 is 9.73 Å². The summed E-state index contributed by atoms with van der Waals surface area (Å²) in [5.41, 5.74) is 2.41. The van der Waals surface area contributed by atoms with E-state index in [4.69, 9.17) is 4.42 Å². The molecule has 2 aromatic rings. The summed E-state index contributed by atoms with van der Waals surface area (Å²) in [6.07, 6.45) is 3.44. The van der Waals surface area contributed by atoms with Gasteiger partial charge in [-0.05, 0) is 55.6 Å². The third-order valence-corrected chi connectivity index (χ3v) is 4.10. The normalized spacial score (nSPS) is 10.6. The topological polar surface area (TPSA) is 25.2 Å². The van der Waals surface area contributed by atoms with Gasteiger partial charge in [-0.15, -0.1) is 0 Å². The van der Waals surface area contributed by atoms with E-state index < -0.39 is 0 Å². The van der Waals surface area contributed by atoms with Gasteiger partial charge in [0.1, 0.15) is 0 Å². The van der Waals surface area contributed by atoms with E-state index in [-0.39, 0.29) is 0 Å². The van der Waals surface area contributed by atoms with Gasteiger partial charge in [0.2, 0.25) is 0 Å². The Morgan fingerprint density at radius 2 is 1.81 bits per heavy atom.